The normalized spacial score (nSPS) is 24.5. The van der Waals surface area contributed by atoms with E-state index in [-0.39, 0.29) is 17.6 Å². The number of aliphatic imine (C=N–C) groups is 1. The van der Waals surface area contributed by atoms with Gasteiger partial charge in [-0.15, -0.1) is 0 Å². The first-order valence-corrected chi connectivity index (χ1v) is 12.8. The molecule has 186 valence electrons. The van der Waals surface area contributed by atoms with Crippen LogP contribution in [0.2, 0.25) is 0 Å². The number of ether oxygens (including phenoxy) is 1. The third-order valence-electron chi connectivity index (χ3n) is 7.25. The highest BCUT2D eigenvalue weighted by Gasteiger charge is 2.44. The summed E-state index contributed by atoms with van der Waals surface area (Å²) < 4.78 is 5.83. The summed E-state index contributed by atoms with van der Waals surface area (Å²) in [6.45, 7) is 6.69. The fourth-order valence-electron chi connectivity index (χ4n) is 5.47. The monoisotopic (exact) mass is 475 g/mol. The molecule has 0 saturated heterocycles. The van der Waals surface area contributed by atoms with Crippen molar-refractivity contribution in [2.24, 2.45) is 28.5 Å². The van der Waals surface area contributed by atoms with E-state index >= 15 is 0 Å². The van der Waals surface area contributed by atoms with Crippen molar-refractivity contribution < 1.29 is 14.3 Å². The van der Waals surface area contributed by atoms with Crippen molar-refractivity contribution in [2.75, 3.05) is 6.54 Å². The first-order valence-electron chi connectivity index (χ1n) is 12.8. The average molecular weight is 476 g/mol. The zero-order valence-electron chi connectivity index (χ0n) is 21.1. The molecular weight excluding hydrogens is 438 g/mol. The minimum atomic E-state index is -0.732. The Balaban J connectivity index is 1.25. The third kappa shape index (κ3) is 5.92. The van der Waals surface area contributed by atoms with E-state index in [1.165, 1.54) is 0 Å². The van der Waals surface area contributed by atoms with Crippen LogP contribution in [0.1, 0.15) is 69.7 Å². The van der Waals surface area contributed by atoms with E-state index in [2.05, 4.69) is 18.8 Å². The number of hydrogen-bond acceptors (Lipinski definition) is 5. The van der Waals surface area contributed by atoms with E-state index in [1.807, 2.05) is 61.5 Å². The molecular formula is C29H37N3O3. The van der Waals surface area contributed by atoms with Crippen LogP contribution in [0.5, 0.6) is 11.5 Å². The highest BCUT2D eigenvalue weighted by atomic mass is 16.5. The lowest BCUT2D eigenvalue weighted by atomic mass is 9.77. The molecule has 1 aliphatic heterocycles. The number of nitrogens with two attached hydrogens (primary N) is 1. The maximum Gasteiger partial charge on any atom is 0.257 e. The van der Waals surface area contributed by atoms with Gasteiger partial charge in [0.1, 0.15) is 17.0 Å². The van der Waals surface area contributed by atoms with Gasteiger partial charge in [-0.25, -0.2) is 4.99 Å². The van der Waals surface area contributed by atoms with Gasteiger partial charge in [0, 0.05) is 18.0 Å². The molecule has 1 saturated carbocycles. The van der Waals surface area contributed by atoms with Crippen LogP contribution in [0.25, 0.3) is 0 Å². The van der Waals surface area contributed by atoms with Crippen molar-refractivity contribution in [3.05, 3.63) is 60.2 Å². The molecule has 1 unspecified atom stereocenters. The molecule has 2 N–H and O–H groups in total. The lowest BCUT2D eigenvalue weighted by Crippen LogP contribution is -2.44. The molecule has 2 aromatic rings. The second-order valence-corrected chi connectivity index (χ2v) is 10.6. The van der Waals surface area contributed by atoms with Crippen LogP contribution in [-0.4, -0.2) is 34.6 Å². The Morgan fingerprint density at radius 3 is 2.31 bits per heavy atom. The quantitative estimate of drug-likeness (QED) is 0.463. The Kier molecular flexibility index (Phi) is 7.58. The number of para-hydroxylation sites is 1. The summed E-state index contributed by atoms with van der Waals surface area (Å²) in [5.74, 6) is 3.01. The van der Waals surface area contributed by atoms with Gasteiger partial charge in [-0.3, -0.25) is 14.5 Å². The lowest BCUT2D eigenvalue weighted by molar-refractivity contribution is -0.131. The summed E-state index contributed by atoms with van der Waals surface area (Å²) in [6, 6.07) is 17.1. The van der Waals surface area contributed by atoms with Crippen LogP contribution in [0.15, 0.2) is 59.6 Å². The zero-order chi connectivity index (χ0) is 25.0. The Morgan fingerprint density at radius 2 is 1.69 bits per heavy atom. The zero-order valence-corrected chi connectivity index (χ0v) is 21.1. The molecule has 0 bridgehead atoms. The number of benzene rings is 2. The molecule has 2 aromatic carbocycles. The highest BCUT2D eigenvalue weighted by Crippen LogP contribution is 2.35. The topological polar surface area (TPSA) is 85.0 Å². The number of hydrogen-bond donors (Lipinski definition) is 1. The maximum atomic E-state index is 13.1. The summed E-state index contributed by atoms with van der Waals surface area (Å²) in [7, 11) is 0. The molecule has 6 nitrogen and oxygen atoms in total. The van der Waals surface area contributed by atoms with Gasteiger partial charge in [0.2, 0.25) is 0 Å². The lowest BCUT2D eigenvalue weighted by Gasteiger charge is -2.29. The van der Waals surface area contributed by atoms with Crippen LogP contribution >= 0.6 is 0 Å². The SMILES string of the molecule is CC(C)CC1(C)N=C(N)N(CCC2CCC(C(=O)c3ccc(Oc4ccccc4)cc3)CC2)C1=O. The van der Waals surface area contributed by atoms with E-state index in [1.54, 1.807) is 4.90 Å². The van der Waals surface area contributed by atoms with Crippen molar-refractivity contribution in [1.82, 2.24) is 4.90 Å². The average Bonchev–Trinajstić information content (AvgIpc) is 3.05. The third-order valence-corrected chi connectivity index (χ3v) is 7.25. The maximum absolute atomic E-state index is 13.1. The van der Waals surface area contributed by atoms with E-state index in [9.17, 15) is 9.59 Å². The fraction of sp³-hybridized carbons (Fsp3) is 0.483. The van der Waals surface area contributed by atoms with Gasteiger partial charge < -0.3 is 10.5 Å². The Hall–Kier alpha value is -3.15. The molecule has 1 fully saturated rings. The number of carbonyl (C=O) groups excluding carboxylic acids is 2. The summed E-state index contributed by atoms with van der Waals surface area (Å²) in [5, 5.41) is 0. The Morgan fingerprint density at radius 1 is 1.06 bits per heavy atom. The molecule has 1 atom stereocenters. The second-order valence-electron chi connectivity index (χ2n) is 10.6. The minimum absolute atomic E-state index is 0.0206. The number of nitrogens with zero attached hydrogens (tertiary/aromatic N) is 2. The predicted molar refractivity (Wildman–Crippen MR) is 139 cm³/mol. The molecule has 1 aliphatic carbocycles. The summed E-state index contributed by atoms with van der Waals surface area (Å²) >= 11 is 0. The Bertz CT molecular complexity index is 1060. The molecule has 35 heavy (non-hydrogen) atoms. The van der Waals surface area contributed by atoms with Gasteiger partial charge in [0.25, 0.3) is 5.91 Å². The molecule has 0 spiro atoms. The van der Waals surface area contributed by atoms with Gasteiger partial charge in [0.05, 0.1) is 0 Å². The summed E-state index contributed by atoms with van der Waals surface area (Å²) in [5.41, 5.74) is 6.13. The van der Waals surface area contributed by atoms with Gasteiger partial charge in [-0.2, -0.15) is 0 Å². The number of guanidine groups is 1. The first-order chi connectivity index (χ1) is 16.7. The van der Waals surface area contributed by atoms with Crippen molar-refractivity contribution in [2.45, 2.75) is 64.8 Å². The first kappa shape index (κ1) is 25.0. The smallest absolute Gasteiger partial charge is 0.257 e. The predicted octanol–water partition coefficient (Wildman–Crippen LogP) is 5.82. The molecule has 4 rings (SSSR count). The van der Waals surface area contributed by atoms with Gasteiger partial charge >= 0.3 is 0 Å². The summed E-state index contributed by atoms with van der Waals surface area (Å²) in [4.78, 5) is 32.2. The van der Waals surface area contributed by atoms with Crippen molar-refractivity contribution >= 4 is 17.6 Å². The second kappa shape index (κ2) is 10.6. The van der Waals surface area contributed by atoms with Crippen LogP contribution in [0, 0.1) is 17.8 Å². The van der Waals surface area contributed by atoms with Crippen LogP contribution in [0.4, 0.5) is 0 Å². The highest BCUT2D eigenvalue weighted by molar-refractivity contribution is 6.06. The largest absolute Gasteiger partial charge is 0.457 e. The van der Waals surface area contributed by atoms with Gasteiger partial charge in [-0.05, 0) is 93.7 Å². The van der Waals surface area contributed by atoms with Crippen molar-refractivity contribution in [1.29, 1.82) is 0 Å². The number of carbonyl (C=O) groups is 2. The number of ketones is 1. The van der Waals surface area contributed by atoms with Crippen molar-refractivity contribution in [3.8, 4) is 11.5 Å². The van der Waals surface area contributed by atoms with E-state index in [0.717, 1.165) is 49.2 Å². The van der Waals surface area contributed by atoms with Crippen LogP contribution < -0.4 is 10.5 Å². The molecule has 2 aliphatic rings. The number of rotatable bonds is 9. The number of Topliss-reactive ketones (excluding diaryl/α,β-unsaturated/α-hetero) is 1. The minimum Gasteiger partial charge on any atom is -0.457 e. The van der Waals surface area contributed by atoms with Gasteiger partial charge in [0.15, 0.2) is 11.7 Å². The van der Waals surface area contributed by atoms with Crippen molar-refractivity contribution in [3.63, 3.8) is 0 Å². The van der Waals surface area contributed by atoms with Gasteiger partial charge in [-0.1, -0.05) is 32.0 Å². The van der Waals surface area contributed by atoms with E-state index in [4.69, 9.17) is 10.5 Å². The molecule has 0 radical (unpaired) electrons. The molecule has 1 amide bonds. The molecule has 0 aromatic heterocycles. The standard InChI is InChI=1S/C29H37N3O3/c1-20(2)19-29(3)27(34)32(28(30)31-29)18-17-21-9-11-22(12-10-21)26(33)23-13-15-25(16-14-23)35-24-7-5-4-6-8-24/h4-8,13-16,20-22H,9-12,17-19H2,1-3H3,(H2,30,31). The van der Waals surface area contributed by atoms with E-state index < -0.39 is 5.54 Å². The molecule has 6 heteroatoms. The number of amides is 1. The van der Waals surface area contributed by atoms with Crippen LogP contribution in [0.3, 0.4) is 0 Å². The van der Waals surface area contributed by atoms with Crippen LogP contribution in [-0.2, 0) is 4.79 Å². The van der Waals surface area contributed by atoms with E-state index in [0.29, 0.717) is 30.8 Å². The molecule has 1 heterocycles. The fourth-order valence-corrected chi connectivity index (χ4v) is 5.47. The summed E-state index contributed by atoms with van der Waals surface area (Å²) in [6.07, 6.45) is 5.35. The Labute approximate surface area is 208 Å².